The van der Waals surface area contributed by atoms with E-state index in [1.807, 2.05) is 13.8 Å². The van der Waals surface area contributed by atoms with Gasteiger partial charge in [-0.15, -0.1) is 0 Å². The summed E-state index contributed by atoms with van der Waals surface area (Å²) in [7, 11) is 0. The van der Waals surface area contributed by atoms with E-state index in [-0.39, 0.29) is 6.10 Å². The van der Waals surface area contributed by atoms with Crippen molar-refractivity contribution in [3.8, 4) is 0 Å². The standard InChI is InChI=1S/C14H30N2O3/c1-13(2)19-10-9-18-12-14(17)11-15-5-8-16-6-3-4-7-16/h13-15,17H,3-12H2,1-2H3. The van der Waals surface area contributed by atoms with Crippen molar-refractivity contribution in [2.75, 3.05) is 52.5 Å². The summed E-state index contributed by atoms with van der Waals surface area (Å²) >= 11 is 0. The Kier molecular flexibility index (Phi) is 9.38. The van der Waals surface area contributed by atoms with Crippen LogP contribution < -0.4 is 5.32 Å². The van der Waals surface area contributed by atoms with E-state index in [2.05, 4.69) is 10.2 Å². The lowest BCUT2D eigenvalue weighted by Gasteiger charge is -2.16. The summed E-state index contributed by atoms with van der Waals surface area (Å²) in [6.45, 7) is 10.6. The Balaban J connectivity index is 1.83. The molecule has 2 N–H and O–H groups in total. The Morgan fingerprint density at radius 3 is 2.63 bits per heavy atom. The predicted molar refractivity (Wildman–Crippen MR) is 76.5 cm³/mol. The van der Waals surface area contributed by atoms with Crippen LogP contribution in [0.3, 0.4) is 0 Å². The molecule has 1 heterocycles. The van der Waals surface area contributed by atoms with Crippen LogP contribution in [0.1, 0.15) is 26.7 Å². The molecule has 1 aliphatic rings. The smallest absolute Gasteiger partial charge is 0.0897 e. The van der Waals surface area contributed by atoms with E-state index in [0.29, 0.717) is 26.4 Å². The lowest BCUT2D eigenvalue weighted by molar-refractivity contribution is -0.00997. The molecule has 0 radical (unpaired) electrons. The Morgan fingerprint density at radius 2 is 1.95 bits per heavy atom. The van der Waals surface area contributed by atoms with Crippen LogP contribution in [0.25, 0.3) is 0 Å². The highest BCUT2D eigenvalue weighted by molar-refractivity contribution is 4.67. The first kappa shape index (κ1) is 16.9. The summed E-state index contributed by atoms with van der Waals surface area (Å²) in [4.78, 5) is 2.46. The molecule has 0 saturated carbocycles. The maximum Gasteiger partial charge on any atom is 0.0897 e. The zero-order valence-corrected chi connectivity index (χ0v) is 12.4. The van der Waals surface area contributed by atoms with Crippen molar-refractivity contribution < 1.29 is 14.6 Å². The Morgan fingerprint density at radius 1 is 1.21 bits per heavy atom. The van der Waals surface area contributed by atoms with Crippen molar-refractivity contribution in [2.24, 2.45) is 0 Å². The molecule has 0 aliphatic carbocycles. The fourth-order valence-electron chi connectivity index (χ4n) is 2.13. The lowest BCUT2D eigenvalue weighted by atomic mass is 10.3. The fourth-order valence-corrected chi connectivity index (χ4v) is 2.13. The third-order valence-corrected chi connectivity index (χ3v) is 3.17. The molecule has 1 aliphatic heterocycles. The van der Waals surface area contributed by atoms with Gasteiger partial charge in [0.05, 0.1) is 32.0 Å². The number of hydrogen-bond donors (Lipinski definition) is 2. The van der Waals surface area contributed by atoms with Gasteiger partial charge >= 0.3 is 0 Å². The zero-order valence-electron chi connectivity index (χ0n) is 12.4. The number of nitrogens with one attached hydrogen (secondary N) is 1. The molecule has 114 valence electrons. The number of aliphatic hydroxyl groups is 1. The Bertz CT molecular complexity index is 209. The quantitative estimate of drug-likeness (QED) is 0.537. The molecule has 0 amide bonds. The normalized spacial score (nSPS) is 18.3. The minimum atomic E-state index is -0.433. The second kappa shape index (κ2) is 10.6. The second-order valence-electron chi connectivity index (χ2n) is 5.40. The van der Waals surface area contributed by atoms with Gasteiger partial charge in [0.1, 0.15) is 0 Å². The SMILES string of the molecule is CC(C)OCCOCC(O)CNCCN1CCCC1. The molecule has 0 bridgehead atoms. The van der Waals surface area contributed by atoms with Gasteiger partial charge in [-0.2, -0.15) is 0 Å². The van der Waals surface area contributed by atoms with Gasteiger partial charge in [-0.05, 0) is 39.8 Å². The van der Waals surface area contributed by atoms with Crippen LogP contribution in [0.15, 0.2) is 0 Å². The van der Waals surface area contributed by atoms with Gasteiger partial charge in [0.25, 0.3) is 0 Å². The van der Waals surface area contributed by atoms with Gasteiger partial charge in [0, 0.05) is 19.6 Å². The summed E-state index contributed by atoms with van der Waals surface area (Å²) in [6.07, 6.45) is 2.46. The molecule has 1 rings (SSSR count). The molecular weight excluding hydrogens is 244 g/mol. The van der Waals surface area contributed by atoms with Gasteiger partial charge in [-0.1, -0.05) is 0 Å². The van der Waals surface area contributed by atoms with E-state index >= 15 is 0 Å². The van der Waals surface area contributed by atoms with E-state index in [0.717, 1.165) is 13.1 Å². The van der Waals surface area contributed by atoms with Gasteiger partial charge < -0.3 is 24.8 Å². The van der Waals surface area contributed by atoms with Crippen LogP contribution >= 0.6 is 0 Å². The number of aliphatic hydroxyl groups excluding tert-OH is 1. The van der Waals surface area contributed by atoms with Crippen molar-refractivity contribution in [3.63, 3.8) is 0 Å². The molecule has 1 saturated heterocycles. The summed E-state index contributed by atoms with van der Waals surface area (Å²) in [6, 6.07) is 0. The van der Waals surface area contributed by atoms with E-state index in [4.69, 9.17) is 9.47 Å². The number of nitrogens with zero attached hydrogens (tertiary/aromatic N) is 1. The highest BCUT2D eigenvalue weighted by Crippen LogP contribution is 2.05. The van der Waals surface area contributed by atoms with Crippen LogP contribution in [-0.2, 0) is 9.47 Å². The average Bonchev–Trinajstić information content (AvgIpc) is 2.87. The Hall–Kier alpha value is -0.200. The van der Waals surface area contributed by atoms with E-state index in [9.17, 15) is 5.11 Å². The topological polar surface area (TPSA) is 54.0 Å². The maximum atomic E-state index is 9.71. The van der Waals surface area contributed by atoms with E-state index in [1.54, 1.807) is 0 Å². The molecule has 5 nitrogen and oxygen atoms in total. The van der Waals surface area contributed by atoms with Crippen LogP contribution in [0.2, 0.25) is 0 Å². The molecule has 0 aromatic heterocycles. The highest BCUT2D eigenvalue weighted by Gasteiger charge is 2.10. The van der Waals surface area contributed by atoms with Crippen LogP contribution in [0.4, 0.5) is 0 Å². The molecule has 1 fully saturated rings. The van der Waals surface area contributed by atoms with Crippen LogP contribution in [-0.4, -0.2) is 74.8 Å². The van der Waals surface area contributed by atoms with Crippen molar-refractivity contribution in [3.05, 3.63) is 0 Å². The minimum Gasteiger partial charge on any atom is -0.389 e. The average molecular weight is 274 g/mol. The van der Waals surface area contributed by atoms with Crippen molar-refractivity contribution in [2.45, 2.75) is 38.9 Å². The van der Waals surface area contributed by atoms with Gasteiger partial charge in [0.2, 0.25) is 0 Å². The zero-order chi connectivity index (χ0) is 13.9. The van der Waals surface area contributed by atoms with Crippen molar-refractivity contribution >= 4 is 0 Å². The van der Waals surface area contributed by atoms with Gasteiger partial charge in [-0.3, -0.25) is 0 Å². The van der Waals surface area contributed by atoms with Crippen LogP contribution in [0, 0.1) is 0 Å². The fraction of sp³-hybridized carbons (Fsp3) is 1.00. The summed E-state index contributed by atoms with van der Waals surface area (Å²) in [5.74, 6) is 0. The number of ether oxygens (including phenoxy) is 2. The van der Waals surface area contributed by atoms with Crippen molar-refractivity contribution in [1.29, 1.82) is 0 Å². The molecule has 0 aromatic rings. The number of hydrogen-bond acceptors (Lipinski definition) is 5. The Labute approximate surface area is 117 Å². The predicted octanol–water partition coefficient (Wildman–Crippen LogP) is 0.474. The molecule has 19 heavy (non-hydrogen) atoms. The summed E-state index contributed by atoms with van der Waals surface area (Å²) in [5.41, 5.74) is 0. The third kappa shape index (κ3) is 9.35. The molecule has 0 spiro atoms. The third-order valence-electron chi connectivity index (χ3n) is 3.17. The summed E-state index contributed by atoms with van der Waals surface area (Å²) in [5, 5.41) is 13.0. The number of rotatable bonds is 11. The van der Waals surface area contributed by atoms with Gasteiger partial charge in [0.15, 0.2) is 0 Å². The monoisotopic (exact) mass is 274 g/mol. The van der Waals surface area contributed by atoms with E-state index in [1.165, 1.54) is 25.9 Å². The molecule has 1 unspecified atom stereocenters. The first-order valence-electron chi connectivity index (χ1n) is 7.49. The molecule has 1 atom stereocenters. The van der Waals surface area contributed by atoms with E-state index < -0.39 is 6.10 Å². The highest BCUT2D eigenvalue weighted by atomic mass is 16.5. The molecule has 5 heteroatoms. The molecular formula is C14H30N2O3. The van der Waals surface area contributed by atoms with Crippen molar-refractivity contribution in [1.82, 2.24) is 10.2 Å². The first-order valence-corrected chi connectivity index (χ1v) is 7.49. The molecule has 0 aromatic carbocycles. The van der Waals surface area contributed by atoms with Gasteiger partial charge in [-0.25, -0.2) is 0 Å². The first-order chi connectivity index (χ1) is 9.18. The number of likely N-dealkylation sites (tertiary alicyclic amines) is 1. The lowest BCUT2D eigenvalue weighted by Crippen LogP contribution is -2.36. The largest absolute Gasteiger partial charge is 0.389 e. The second-order valence-corrected chi connectivity index (χ2v) is 5.40. The maximum absolute atomic E-state index is 9.71. The minimum absolute atomic E-state index is 0.237. The summed E-state index contributed by atoms with van der Waals surface area (Å²) < 4.78 is 10.7. The van der Waals surface area contributed by atoms with Crippen LogP contribution in [0.5, 0.6) is 0 Å².